The molecule has 1 aromatic heterocycles. The second-order valence-corrected chi connectivity index (χ2v) is 3.69. The molecule has 0 unspecified atom stereocenters. The van der Waals surface area contributed by atoms with E-state index in [1.165, 1.54) is 19.5 Å². The van der Waals surface area contributed by atoms with E-state index >= 15 is 0 Å². The molecule has 1 aromatic carbocycles. The number of rotatable bonds is 2. The Labute approximate surface area is 103 Å². The molecule has 0 saturated heterocycles. The number of ether oxygens (including phenoxy) is 1. The lowest BCUT2D eigenvalue weighted by Crippen LogP contribution is -2.07. The van der Waals surface area contributed by atoms with Gasteiger partial charge in [-0.1, -0.05) is 23.7 Å². The lowest BCUT2D eigenvalue weighted by molar-refractivity contribution is 0.0594. The fourth-order valence-corrected chi connectivity index (χ4v) is 1.53. The summed E-state index contributed by atoms with van der Waals surface area (Å²) in [5.41, 5.74) is 1.44. The Balaban J connectivity index is 2.51. The second-order valence-electron chi connectivity index (χ2n) is 3.25. The number of methoxy groups -OCH3 is 1. The van der Waals surface area contributed by atoms with E-state index in [0.29, 0.717) is 10.7 Å². The third-order valence-corrected chi connectivity index (χ3v) is 2.45. The second kappa shape index (κ2) is 4.93. The molecule has 0 fully saturated rings. The summed E-state index contributed by atoms with van der Waals surface area (Å²) < 4.78 is 4.65. The Hall–Kier alpha value is -1.94. The van der Waals surface area contributed by atoms with E-state index in [0.717, 1.165) is 5.56 Å². The standard InChI is InChI=1S/C12H9ClN2O2/c1-17-12(16)11-10(14-6-7-15-11)8-2-4-9(13)5-3-8/h2-7H,1H3. The molecule has 0 N–H and O–H groups in total. The quantitative estimate of drug-likeness (QED) is 0.767. The summed E-state index contributed by atoms with van der Waals surface area (Å²) in [6.07, 6.45) is 2.97. The van der Waals surface area contributed by atoms with Gasteiger partial charge >= 0.3 is 5.97 Å². The van der Waals surface area contributed by atoms with Gasteiger partial charge in [-0.05, 0) is 12.1 Å². The van der Waals surface area contributed by atoms with Crippen molar-refractivity contribution in [2.45, 2.75) is 0 Å². The summed E-state index contributed by atoms with van der Waals surface area (Å²) in [5.74, 6) is -0.511. The van der Waals surface area contributed by atoms with Gasteiger partial charge in [0, 0.05) is 23.0 Å². The molecule has 2 rings (SSSR count). The molecular formula is C12H9ClN2O2. The first-order chi connectivity index (χ1) is 8.22. The maximum atomic E-state index is 11.5. The number of aromatic nitrogens is 2. The molecule has 0 bridgehead atoms. The predicted molar refractivity (Wildman–Crippen MR) is 63.8 cm³/mol. The minimum absolute atomic E-state index is 0.192. The molecule has 17 heavy (non-hydrogen) atoms. The lowest BCUT2D eigenvalue weighted by Gasteiger charge is -2.05. The predicted octanol–water partition coefficient (Wildman–Crippen LogP) is 2.58. The molecule has 86 valence electrons. The van der Waals surface area contributed by atoms with E-state index < -0.39 is 5.97 Å². The van der Waals surface area contributed by atoms with Crippen LogP contribution in [-0.4, -0.2) is 23.0 Å². The molecule has 2 aromatic rings. The molecule has 0 amide bonds. The van der Waals surface area contributed by atoms with E-state index in [2.05, 4.69) is 14.7 Å². The first-order valence-electron chi connectivity index (χ1n) is 4.87. The molecular weight excluding hydrogens is 240 g/mol. The average Bonchev–Trinajstić information content (AvgIpc) is 2.39. The van der Waals surface area contributed by atoms with E-state index in [9.17, 15) is 4.79 Å². The van der Waals surface area contributed by atoms with Gasteiger partial charge in [-0.15, -0.1) is 0 Å². The normalized spacial score (nSPS) is 10.0. The highest BCUT2D eigenvalue weighted by Crippen LogP contribution is 2.22. The lowest BCUT2D eigenvalue weighted by atomic mass is 10.1. The summed E-state index contributed by atoms with van der Waals surface area (Å²) >= 11 is 5.80. The highest BCUT2D eigenvalue weighted by atomic mass is 35.5. The van der Waals surface area contributed by atoms with Crippen molar-refractivity contribution in [2.75, 3.05) is 7.11 Å². The van der Waals surface area contributed by atoms with Gasteiger partial charge in [0.1, 0.15) is 5.69 Å². The van der Waals surface area contributed by atoms with Crippen molar-refractivity contribution in [3.8, 4) is 11.3 Å². The monoisotopic (exact) mass is 248 g/mol. The van der Waals surface area contributed by atoms with E-state index in [1.54, 1.807) is 24.3 Å². The van der Waals surface area contributed by atoms with Gasteiger partial charge in [-0.3, -0.25) is 4.98 Å². The van der Waals surface area contributed by atoms with Gasteiger partial charge in [-0.2, -0.15) is 0 Å². The fourth-order valence-electron chi connectivity index (χ4n) is 1.40. The summed E-state index contributed by atoms with van der Waals surface area (Å²) in [7, 11) is 1.31. The van der Waals surface area contributed by atoms with Crippen LogP contribution in [0.4, 0.5) is 0 Å². The average molecular weight is 249 g/mol. The Morgan fingerprint density at radius 2 is 1.82 bits per heavy atom. The first-order valence-corrected chi connectivity index (χ1v) is 5.25. The summed E-state index contributed by atoms with van der Waals surface area (Å²) in [6, 6.07) is 7.01. The number of nitrogens with zero attached hydrogens (tertiary/aromatic N) is 2. The van der Waals surface area contributed by atoms with E-state index in [-0.39, 0.29) is 5.69 Å². The van der Waals surface area contributed by atoms with Gasteiger partial charge in [0.15, 0.2) is 5.69 Å². The third-order valence-electron chi connectivity index (χ3n) is 2.19. The van der Waals surface area contributed by atoms with Crippen LogP contribution in [0.3, 0.4) is 0 Å². The number of carbonyl (C=O) groups is 1. The Bertz CT molecular complexity index is 540. The van der Waals surface area contributed by atoms with Crippen molar-refractivity contribution in [3.05, 3.63) is 47.4 Å². The maximum absolute atomic E-state index is 11.5. The summed E-state index contributed by atoms with van der Waals surface area (Å²) in [4.78, 5) is 19.6. The molecule has 0 aliphatic heterocycles. The van der Waals surface area contributed by atoms with Crippen LogP contribution in [0.1, 0.15) is 10.5 Å². The zero-order valence-corrected chi connectivity index (χ0v) is 9.81. The molecule has 0 saturated carbocycles. The van der Waals surface area contributed by atoms with Crippen molar-refractivity contribution in [2.24, 2.45) is 0 Å². The molecule has 1 heterocycles. The zero-order valence-electron chi connectivity index (χ0n) is 9.05. The number of carbonyl (C=O) groups excluding carboxylic acids is 1. The first kappa shape index (κ1) is 11.5. The summed E-state index contributed by atoms with van der Waals surface area (Å²) in [6.45, 7) is 0. The van der Waals surface area contributed by atoms with Crippen LogP contribution in [0.5, 0.6) is 0 Å². The third kappa shape index (κ3) is 2.42. The Kier molecular flexibility index (Phi) is 3.35. The smallest absolute Gasteiger partial charge is 0.358 e. The van der Waals surface area contributed by atoms with Gasteiger partial charge in [0.25, 0.3) is 0 Å². The fraction of sp³-hybridized carbons (Fsp3) is 0.0833. The van der Waals surface area contributed by atoms with Crippen LogP contribution >= 0.6 is 11.6 Å². The van der Waals surface area contributed by atoms with Crippen LogP contribution in [0.15, 0.2) is 36.7 Å². The van der Waals surface area contributed by atoms with Gasteiger partial charge < -0.3 is 4.74 Å². The zero-order chi connectivity index (χ0) is 12.3. The van der Waals surface area contributed by atoms with Crippen molar-refractivity contribution in [3.63, 3.8) is 0 Å². The van der Waals surface area contributed by atoms with Gasteiger partial charge in [-0.25, -0.2) is 9.78 Å². The number of halogens is 1. The van der Waals surface area contributed by atoms with Crippen LogP contribution in [0.25, 0.3) is 11.3 Å². The van der Waals surface area contributed by atoms with Crippen molar-refractivity contribution in [1.29, 1.82) is 0 Å². The SMILES string of the molecule is COC(=O)c1nccnc1-c1ccc(Cl)cc1. The van der Waals surface area contributed by atoms with Crippen LogP contribution in [-0.2, 0) is 4.74 Å². The van der Waals surface area contributed by atoms with Crippen molar-refractivity contribution < 1.29 is 9.53 Å². The molecule has 5 heteroatoms. The molecule has 4 nitrogen and oxygen atoms in total. The highest BCUT2D eigenvalue weighted by Gasteiger charge is 2.15. The largest absolute Gasteiger partial charge is 0.464 e. The molecule has 0 aliphatic rings. The van der Waals surface area contributed by atoms with Crippen LogP contribution in [0.2, 0.25) is 5.02 Å². The minimum Gasteiger partial charge on any atom is -0.464 e. The van der Waals surface area contributed by atoms with Crippen LogP contribution < -0.4 is 0 Å². The number of benzene rings is 1. The van der Waals surface area contributed by atoms with Crippen molar-refractivity contribution in [1.82, 2.24) is 9.97 Å². The van der Waals surface area contributed by atoms with Gasteiger partial charge in [0.2, 0.25) is 0 Å². The molecule has 0 spiro atoms. The highest BCUT2D eigenvalue weighted by molar-refractivity contribution is 6.30. The Morgan fingerprint density at radius 3 is 2.47 bits per heavy atom. The van der Waals surface area contributed by atoms with E-state index in [4.69, 9.17) is 11.6 Å². The van der Waals surface area contributed by atoms with Crippen LogP contribution in [0, 0.1) is 0 Å². The molecule has 0 aliphatic carbocycles. The van der Waals surface area contributed by atoms with Gasteiger partial charge in [0.05, 0.1) is 7.11 Å². The molecule has 0 atom stereocenters. The van der Waals surface area contributed by atoms with Crippen molar-refractivity contribution >= 4 is 17.6 Å². The maximum Gasteiger partial charge on any atom is 0.358 e. The number of hydrogen-bond acceptors (Lipinski definition) is 4. The number of hydrogen-bond donors (Lipinski definition) is 0. The number of esters is 1. The Morgan fingerprint density at radius 1 is 1.18 bits per heavy atom. The molecule has 0 radical (unpaired) electrons. The summed E-state index contributed by atoms with van der Waals surface area (Å²) in [5, 5.41) is 0.622. The van der Waals surface area contributed by atoms with E-state index in [1.807, 2.05) is 0 Å². The minimum atomic E-state index is -0.511. The topological polar surface area (TPSA) is 52.1 Å².